The van der Waals surface area contributed by atoms with Gasteiger partial charge in [0.25, 0.3) is 0 Å². The lowest BCUT2D eigenvalue weighted by Gasteiger charge is -2.08. The first-order valence-electron chi connectivity index (χ1n) is 6.06. The molecule has 3 rings (SSSR count). The number of H-pyrrole nitrogens is 1. The average Bonchev–Trinajstić information content (AvgIpc) is 2.83. The fourth-order valence-corrected chi connectivity index (χ4v) is 2.11. The van der Waals surface area contributed by atoms with Gasteiger partial charge in [-0.05, 0) is 42.0 Å². The summed E-state index contributed by atoms with van der Waals surface area (Å²) in [4.78, 5) is 2.91. The Morgan fingerprint density at radius 2 is 1.67 bits per heavy atom. The Morgan fingerprint density at radius 1 is 0.952 bits per heavy atom. The summed E-state index contributed by atoms with van der Waals surface area (Å²) in [6.45, 7) is 0. The Hall–Kier alpha value is -2.50. The molecule has 1 aromatic heterocycles. The third-order valence-electron chi connectivity index (χ3n) is 3.00. The number of hydrogen-bond acceptors (Lipinski definition) is 1. The number of aromatic nitrogens is 1. The van der Waals surface area contributed by atoms with Crippen molar-refractivity contribution in [2.45, 2.75) is 6.36 Å². The Kier molecular flexibility index (Phi) is 3.08. The van der Waals surface area contributed by atoms with Gasteiger partial charge in [0.1, 0.15) is 11.6 Å². The van der Waals surface area contributed by atoms with E-state index in [0.717, 1.165) is 0 Å². The number of ether oxygens (including phenoxy) is 1. The highest BCUT2D eigenvalue weighted by atomic mass is 19.4. The second kappa shape index (κ2) is 4.80. The van der Waals surface area contributed by atoms with E-state index in [0.29, 0.717) is 22.2 Å². The van der Waals surface area contributed by atoms with E-state index >= 15 is 0 Å². The van der Waals surface area contributed by atoms with Crippen molar-refractivity contribution >= 4 is 10.9 Å². The van der Waals surface area contributed by atoms with Gasteiger partial charge in [-0.25, -0.2) is 4.39 Å². The molecule has 0 aliphatic heterocycles. The largest absolute Gasteiger partial charge is 0.573 e. The summed E-state index contributed by atoms with van der Waals surface area (Å²) in [7, 11) is 0. The molecule has 0 radical (unpaired) electrons. The van der Waals surface area contributed by atoms with Gasteiger partial charge in [-0.3, -0.25) is 0 Å². The van der Waals surface area contributed by atoms with E-state index in [1.165, 1.54) is 30.3 Å². The molecule has 0 atom stereocenters. The maximum Gasteiger partial charge on any atom is 0.573 e. The molecule has 2 aromatic carbocycles. The molecule has 108 valence electrons. The van der Waals surface area contributed by atoms with Gasteiger partial charge in [0.05, 0.1) is 5.52 Å². The van der Waals surface area contributed by atoms with Crippen LogP contribution in [-0.2, 0) is 0 Å². The first-order valence-corrected chi connectivity index (χ1v) is 6.06. The van der Waals surface area contributed by atoms with Crippen molar-refractivity contribution in [2.75, 3.05) is 0 Å². The van der Waals surface area contributed by atoms with E-state index in [1.807, 2.05) is 0 Å². The summed E-state index contributed by atoms with van der Waals surface area (Å²) >= 11 is 0. The lowest BCUT2D eigenvalue weighted by Crippen LogP contribution is -2.16. The van der Waals surface area contributed by atoms with Crippen LogP contribution in [-0.4, -0.2) is 11.3 Å². The summed E-state index contributed by atoms with van der Waals surface area (Å²) in [5.74, 6) is -0.677. The molecule has 0 amide bonds. The molecule has 0 bridgehead atoms. The SMILES string of the molecule is Fc1cccc2cc(-c3ccc(OC(F)(F)F)cc3)[nH]c12. The monoisotopic (exact) mass is 295 g/mol. The van der Waals surface area contributed by atoms with Crippen LogP contribution in [0.15, 0.2) is 48.5 Å². The highest BCUT2D eigenvalue weighted by Gasteiger charge is 2.30. The highest BCUT2D eigenvalue weighted by molar-refractivity contribution is 5.86. The summed E-state index contributed by atoms with van der Waals surface area (Å²) in [5, 5.41) is 0.695. The van der Waals surface area contributed by atoms with Crippen LogP contribution in [0.4, 0.5) is 17.6 Å². The molecule has 0 fully saturated rings. The van der Waals surface area contributed by atoms with Crippen molar-refractivity contribution < 1.29 is 22.3 Å². The van der Waals surface area contributed by atoms with Crippen LogP contribution in [0.1, 0.15) is 0 Å². The quantitative estimate of drug-likeness (QED) is 0.670. The molecule has 6 heteroatoms. The Morgan fingerprint density at radius 3 is 2.29 bits per heavy atom. The molecule has 0 aliphatic rings. The lowest BCUT2D eigenvalue weighted by molar-refractivity contribution is -0.274. The predicted octanol–water partition coefficient (Wildman–Crippen LogP) is 4.87. The molecule has 3 aromatic rings. The fraction of sp³-hybridized carbons (Fsp3) is 0.0667. The topological polar surface area (TPSA) is 25.0 Å². The molecule has 1 heterocycles. The van der Waals surface area contributed by atoms with Crippen molar-refractivity contribution in [3.05, 3.63) is 54.3 Å². The van der Waals surface area contributed by atoms with Crippen molar-refractivity contribution in [3.8, 4) is 17.0 Å². The van der Waals surface area contributed by atoms with Gasteiger partial charge in [-0.2, -0.15) is 0 Å². The third kappa shape index (κ3) is 2.84. The maximum absolute atomic E-state index is 13.6. The molecule has 0 saturated heterocycles. The van der Waals surface area contributed by atoms with Crippen LogP contribution in [0.25, 0.3) is 22.2 Å². The number of fused-ring (bicyclic) bond motifs is 1. The first-order chi connectivity index (χ1) is 9.92. The van der Waals surface area contributed by atoms with E-state index in [9.17, 15) is 17.6 Å². The number of aromatic amines is 1. The predicted molar refractivity (Wildman–Crippen MR) is 70.4 cm³/mol. The van der Waals surface area contributed by atoms with Crippen molar-refractivity contribution in [3.63, 3.8) is 0 Å². The van der Waals surface area contributed by atoms with E-state index in [2.05, 4.69) is 9.72 Å². The van der Waals surface area contributed by atoms with Gasteiger partial charge < -0.3 is 9.72 Å². The number of rotatable bonds is 2. The van der Waals surface area contributed by atoms with Gasteiger partial charge in [-0.15, -0.1) is 13.2 Å². The smallest absolute Gasteiger partial charge is 0.406 e. The number of para-hydroxylation sites is 1. The average molecular weight is 295 g/mol. The fourth-order valence-electron chi connectivity index (χ4n) is 2.11. The zero-order valence-corrected chi connectivity index (χ0v) is 10.5. The minimum absolute atomic E-state index is 0.298. The van der Waals surface area contributed by atoms with Crippen LogP contribution in [0.2, 0.25) is 0 Å². The Balaban J connectivity index is 1.94. The van der Waals surface area contributed by atoms with Crippen molar-refractivity contribution in [2.24, 2.45) is 0 Å². The normalized spacial score (nSPS) is 11.8. The van der Waals surface area contributed by atoms with Crippen molar-refractivity contribution in [1.29, 1.82) is 0 Å². The van der Waals surface area contributed by atoms with Gasteiger partial charge in [-0.1, -0.05) is 12.1 Å². The lowest BCUT2D eigenvalue weighted by atomic mass is 10.1. The van der Waals surface area contributed by atoms with E-state index in [-0.39, 0.29) is 11.6 Å². The number of halogens is 4. The van der Waals surface area contributed by atoms with Crippen LogP contribution in [0, 0.1) is 5.82 Å². The molecule has 1 N–H and O–H groups in total. The number of nitrogens with one attached hydrogen (secondary N) is 1. The Labute approximate surface area is 117 Å². The van der Waals surface area contributed by atoms with Crippen LogP contribution in [0.3, 0.4) is 0 Å². The maximum atomic E-state index is 13.6. The molecular weight excluding hydrogens is 286 g/mol. The number of hydrogen-bond donors (Lipinski definition) is 1. The van der Waals surface area contributed by atoms with E-state index in [1.54, 1.807) is 18.2 Å². The van der Waals surface area contributed by atoms with Gasteiger partial charge in [0, 0.05) is 11.1 Å². The Bertz CT molecular complexity index is 774. The summed E-state index contributed by atoms with van der Waals surface area (Å²) in [5.41, 5.74) is 1.62. The van der Waals surface area contributed by atoms with E-state index in [4.69, 9.17) is 0 Å². The molecular formula is C15H9F4NO. The van der Waals surface area contributed by atoms with Gasteiger partial charge >= 0.3 is 6.36 Å². The summed E-state index contributed by atoms with van der Waals surface area (Å²) in [6.07, 6.45) is -4.72. The highest BCUT2D eigenvalue weighted by Crippen LogP contribution is 2.28. The molecule has 0 unspecified atom stereocenters. The molecule has 0 aliphatic carbocycles. The molecule has 0 spiro atoms. The standard InChI is InChI=1S/C15H9F4NO/c16-12-3-1-2-10-8-13(20-14(10)12)9-4-6-11(7-5-9)21-15(17,18)19/h1-8,20H. The van der Waals surface area contributed by atoms with Crippen LogP contribution >= 0.6 is 0 Å². The molecule has 21 heavy (non-hydrogen) atoms. The third-order valence-corrected chi connectivity index (χ3v) is 3.00. The van der Waals surface area contributed by atoms with Gasteiger partial charge in [0.15, 0.2) is 0 Å². The second-order valence-corrected chi connectivity index (χ2v) is 4.46. The summed E-state index contributed by atoms with van der Waals surface area (Å²) in [6, 6.07) is 11.8. The molecule has 0 saturated carbocycles. The summed E-state index contributed by atoms with van der Waals surface area (Å²) < 4.78 is 53.6. The van der Waals surface area contributed by atoms with Crippen molar-refractivity contribution in [1.82, 2.24) is 4.98 Å². The number of benzene rings is 2. The zero-order chi connectivity index (χ0) is 15.0. The minimum Gasteiger partial charge on any atom is -0.406 e. The van der Waals surface area contributed by atoms with E-state index < -0.39 is 6.36 Å². The van der Waals surface area contributed by atoms with Gasteiger partial charge in [0.2, 0.25) is 0 Å². The minimum atomic E-state index is -4.72. The molecule has 2 nitrogen and oxygen atoms in total. The van der Waals surface area contributed by atoms with Crippen LogP contribution in [0.5, 0.6) is 5.75 Å². The second-order valence-electron chi connectivity index (χ2n) is 4.46. The van der Waals surface area contributed by atoms with Crippen LogP contribution < -0.4 is 4.74 Å². The zero-order valence-electron chi connectivity index (χ0n) is 10.5. The number of alkyl halides is 3. The first kappa shape index (κ1) is 13.5.